The van der Waals surface area contributed by atoms with Gasteiger partial charge in [-0.15, -0.1) is 10.2 Å². The van der Waals surface area contributed by atoms with Gasteiger partial charge >= 0.3 is 6.18 Å². The Morgan fingerprint density at radius 2 is 1.96 bits per heavy atom. The van der Waals surface area contributed by atoms with Crippen molar-refractivity contribution >= 4 is 17.7 Å². The van der Waals surface area contributed by atoms with Crippen molar-refractivity contribution in [1.29, 1.82) is 0 Å². The maximum absolute atomic E-state index is 12.8. The van der Waals surface area contributed by atoms with Crippen LogP contribution in [0.15, 0.2) is 35.5 Å². The molecule has 1 aliphatic carbocycles. The van der Waals surface area contributed by atoms with E-state index in [1.165, 1.54) is 7.05 Å². The average molecular weight is 356 g/mol. The predicted molar refractivity (Wildman–Crippen MR) is 82.2 cm³/mol. The van der Waals surface area contributed by atoms with Gasteiger partial charge < -0.3 is 9.88 Å². The zero-order valence-corrected chi connectivity index (χ0v) is 13.6. The molecule has 1 fully saturated rings. The molecule has 1 atom stereocenters. The van der Waals surface area contributed by atoms with Crippen LogP contribution in [0, 0.1) is 0 Å². The van der Waals surface area contributed by atoms with Crippen molar-refractivity contribution in [2.45, 2.75) is 35.5 Å². The van der Waals surface area contributed by atoms with Gasteiger partial charge in [0.25, 0.3) is 0 Å². The van der Waals surface area contributed by atoms with E-state index in [0.29, 0.717) is 5.56 Å². The van der Waals surface area contributed by atoms with Crippen LogP contribution in [-0.2, 0) is 18.0 Å². The Labute approximate surface area is 140 Å². The van der Waals surface area contributed by atoms with Gasteiger partial charge in [-0.25, -0.2) is 0 Å². The van der Waals surface area contributed by atoms with E-state index in [1.807, 2.05) is 6.07 Å². The van der Waals surface area contributed by atoms with Crippen LogP contribution in [0.1, 0.15) is 29.5 Å². The number of aromatic nitrogens is 3. The number of hydrogen-bond donors (Lipinski definition) is 1. The maximum Gasteiger partial charge on any atom is 0.451 e. The van der Waals surface area contributed by atoms with Gasteiger partial charge in [-0.3, -0.25) is 4.79 Å². The maximum atomic E-state index is 12.8. The van der Waals surface area contributed by atoms with E-state index in [0.717, 1.165) is 29.2 Å². The lowest BCUT2D eigenvalue weighted by molar-refractivity contribution is -0.147. The Morgan fingerprint density at radius 3 is 2.50 bits per heavy atom. The second-order valence-electron chi connectivity index (χ2n) is 5.55. The minimum Gasteiger partial charge on any atom is -0.352 e. The quantitative estimate of drug-likeness (QED) is 0.837. The molecular weight excluding hydrogens is 341 g/mol. The summed E-state index contributed by atoms with van der Waals surface area (Å²) in [6, 6.07) is 9.08. The minimum absolute atomic E-state index is 0.0436. The molecule has 0 spiro atoms. The highest BCUT2D eigenvalue weighted by Crippen LogP contribution is 2.37. The molecule has 128 valence electrons. The number of nitrogens with zero attached hydrogens (tertiary/aromatic N) is 3. The number of hydrogen-bond acceptors (Lipinski definition) is 4. The van der Waals surface area contributed by atoms with Gasteiger partial charge in [0.2, 0.25) is 11.7 Å². The lowest BCUT2D eigenvalue weighted by Crippen LogP contribution is -2.30. The molecule has 0 unspecified atom stereocenters. The van der Waals surface area contributed by atoms with Gasteiger partial charge in [0.05, 0.1) is 0 Å². The molecule has 2 aromatic rings. The summed E-state index contributed by atoms with van der Waals surface area (Å²) < 4.78 is 39.4. The molecule has 3 rings (SSSR count). The van der Waals surface area contributed by atoms with Crippen molar-refractivity contribution in [1.82, 2.24) is 20.1 Å². The fourth-order valence-electron chi connectivity index (χ4n) is 2.18. The largest absolute Gasteiger partial charge is 0.451 e. The average Bonchev–Trinajstić information content (AvgIpc) is 3.26. The van der Waals surface area contributed by atoms with Gasteiger partial charge in [0, 0.05) is 13.1 Å². The van der Waals surface area contributed by atoms with E-state index in [9.17, 15) is 18.0 Å². The van der Waals surface area contributed by atoms with Gasteiger partial charge in [-0.2, -0.15) is 13.2 Å². The first-order valence-electron chi connectivity index (χ1n) is 7.35. The molecule has 24 heavy (non-hydrogen) atoms. The molecule has 0 aliphatic heterocycles. The van der Waals surface area contributed by atoms with E-state index in [4.69, 9.17) is 0 Å². The van der Waals surface area contributed by atoms with Crippen LogP contribution in [-0.4, -0.2) is 26.7 Å². The molecule has 1 aromatic carbocycles. The van der Waals surface area contributed by atoms with Crippen molar-refractivity contribution < 1.29 is 18.0 Å². The van der Waals surface area contributed by atoms with Gasteiger partial charge in [-0.05, 0) is 18.4 Å². The number of amides is 1. The molecule has 9 heteroatoms. The van der Waals surface area contributed by atoms with Crippen molar-refractivity contribution in [3.8, 4) is 0 Å². The second-order valence-corrected chi connectivity index (χ2v) is 6.63. The van der Waals surface area contributed by atoms with E-state index < -0.39 is 17.3 Å². The Morgan fingerprint density at radius 1 is 1.29 bits per heavy atom. The molecule has 5 nitrogen and oxygen atoms in total. The summed E-state index contributed by atoms with van der Waals surface area (Å²) >= 11 is 0.961. The Balaban J connectivity index is 1.86. The lowest BCUT2D eigenvalue weighted by Gasteiger charge is -2.16. The highest BCUT2D eigenvalue weighted by atomic mass is 32.2. The molecule has 1 amide bonds. The van der Waals surface area contributed by atoms with E-state index in [-0.39, 0.29) is 17.1 Å². The van der Waals surface area contributed by atoms with Crippen LogP contribution in [0.25, 0.3) is 0 Å². The second kappa shape index (κ2) is 6.46. The van der Waals surface area contributed by atoms with Crippen LogP contribution in [0.5, 0.6) is 0 Å². The Bertz CT molecular complexity index is 728. The number of halogens is 3. The first kappa shape index (κ1) is 16.8. The third kappa shape index (κ3) is 3.72. The van der Waals surface area contributed by atoms with Crippen LogP contribution >= 0.6 is 11.8 Å². The first-order valence-corrected chi connectivity index (χ1v) is 8.23. The molecule has 1 N–H and O–H groups in total. The summed E-state index contributed by atoms with van der Waals surface area (Å²) in [5, 5.41) is 9.05. The number of thioether (sulfide) groups is 1. The van der Waals surface area contributed by atoms with Crippen molar-refractivity contribution in [3.63, 3.8) is 0 Å². The third-order valence-electron chi connectivity index (χ3n) is 3.58. The summed E-state index contributed by atoms with van der Waals surface area (Å²) in [6.45, 7) is 0. The molecule has 0 saturated heterocycles. The monoisotopic (exact) mass is 356 g/mol. The Kier molecular flexibility index (Phi) is 4.53. The molecule has 0 radical (unpaired) electrons. The van der Waals surface area contributed by atoms with Crippen LogP contribution < -0.4 is 5.32 Å². The summed E-state index contributed by atoms with van der Waals surface area (Å²) in [5.74, 6) is -1.32. The highest BCUT2D eigenvalue weighted by Gasteiger charge is 2.38. The number of benzene rings is 1. The van der Waals surface area contributed by atoms with Gasteiger partial charge in [0.1, 0.15) is 5.25 Å². The highest BCUT2D eigenvalue weighted by molar-refractivity contribution is 8.00. The molecule has 1 heterocycles. The smallest absolute Gasteiger partial charge is 0.352 e. The molecule has 0 bridgehead atoms. The Hall–Kier alpha value is -2.03. The van der Waals surface area contributed by atoms with Crippen LogP contribution in [0.2, 0.25) is 0 Å². The van der Waals surface area contributed by atoms with Gasteiger partial charge in [0.15, 0.2) is 5.16 Å². The van der Waals surface area contributed by atoms with E-state index in [2.05, 4.69) is 15.5 Å². The summed E-state index contributed by atoms with van der Waals surface area (Å²) in [5.41, 5.74) is 0.706. The zero-order valence-electron chi connectivity index (χ0n) is 12.7. The van der Waals surface area contributed by atoms with Gasteiger partial charge in [-0.1, -0.05) is 42.1 Å². The number of nitrogens with one attached hydrogen (secondary N) is 1. The minimum atomic E-state index is -4.58. The SMILES string of the molecule is Cn1c(S[C@H](C(=O)NC2CC2)c2ccccc2)nnc1C(F)(F)F. The molecular formula is C15H15F3N4OS. The van der Waals surface area contributed by atoms with Crippen LogP contribution in [0.3, 0.4) is 0 Å². The van der Waals surface area contributed by atoms with Crippen molar-refractivity contribution in [3.05, 3.63) is 41.7 Å². The number of alkyl halides is 3. The topological polar surface area (TPSA) is 59.8 Å². The third-order valence-corrected chi connectivity index (χ3v) is 4.86. The summed E-state index contributed by atoms with van der Waals surface area (Å²) in [7, 11) is 1.24. The summed E-state index contributed by atoms with van der Waals surface area (Å²) in [6.07, 6.45) is -2.72. The van der Waals surface area contributed by atoms with Crippen molar-refractivity contribution in [2.24, 2.45) is 7.05 Å². The first-order chi connectivity index (χ1) is 11.4. The number of carbonyl (C=O) groups is 1. The van der Waals surface area contributed by atoms with Crippen molar-refractivity contribution in [2.75, 3.05) is 0 Å². The van der Waals surface area contributed by atoms with Crippen LogP contribution in [0.4, 0.5) is 13.2 Å². The fraction of sp³-hybridized carbons (Fsp3) is 0.400. The normalized spacial score (nSPS) is 16.0. The number of rotatable bonds is 5. The molecule has 1 aromatic heterocycles. The van der Waals surface area contributed by atoms with E-state index >= 15 is 0 Å². The molecule has 1 saturated carbocycles. The predicted octanol–water partition coefficient (Wildman–Crippen LogP) is 2.95. The fourth-order valence-corrected chi connectivity index (χ4v) is 3.19. The zero-order chi connectivity index (χ0) is 17.3. The van der Waals surface area contributed by atoms with E-state index in [1.54, 1.807) is 24.3 Å². The summed E-state index contributed by atoms with van der Waals surface area (Å²) in [4.78, 5) is 12.5. The number of carbonyl (C=O) groups excluding carboxylic acids is 1. The standard InChI is InChI=1S/C15H15F3N4OS/c1-22-13(15(16,17)18)20-21-14(22)24-11(9-5-3-2-4-6-9)12(23)19-10-7-8-10/h2-6,10-11H,7-8H2,1H3,(H,19,23)/t11-/m0/s1. The lowest BCUT2D eigenvalue weighted by atomic mass is 10.1. The molecule has 1 aliphatic rings.